The van der Waals surface area contributed by atoms with Gasteiger partial charge in [0.2, 0.25) is 10.0 Å². The van der Waals surface area contributed by atoms with E-state index in [1.807, 2.05) is 0 Å². The Morgan fingerprint density at radius 3 is 2.81 bits per heavy atom. The third-order valence-corrected chi connectivity index (χ3v) is 3.92. The highest BCUT2D eigenvalue weighted by atomic mass is 32.2. The first-order chi connectivity index (χ1) is 9.78. The van der Waals surface area contributed by atoms with E-state index < -0.39 is 10.0 Å². The number of imidazole rings is 1. The number of nitrogens with zero attached hydrogens (tertiary/aromatic N) is 1. The Bertz CT molecular complexity index is 835. The summed E-state index contributed by atoms with van der Waals surface area (Å²) < 4.78 is 23.0. The lowest BCUT2D eigenvalue weighted by Crippen LogP contribution is -2.27. The van der Waals surface area contributed by atoms with E-state index in [2.05, 4.69) is 10.3 Å². The van der Waals surface area contributed by atoms with E-state index in [1.54, 1.807) is 25.2 Å². The van der Waals surface area contributed by atoms with E-state index in [1.165, 1.54) is 4.57 Å². The number of benzene rings is 1. The average Bonchev–Trinajstić information content (AvgIpc) is 2.68. The van der Waals surface area contributed by atoms with Gasteiger partial charge < -0.3 is 10.3 Å². The number of carbonyl (C=O) groups excluding carboxylic acids is 1. The van der Waals surface area contributed by atoms with Gasteiger partial charge in [0, 0.05) is 19.2 Å². The van der Waals surface area contributed by atoms with Gasteiger partial charge in [-0.05, 0) is 24.6 Å². The molecule has 0 saturated heterocycles. The number of nitrogens with two attached hydrogens (primary N) is 1. The second-order valence-electron chi connectivity index (χ2n) is 4.70. The van der Waals surface area contributed by atoms with Crippen LogP contribution in [0.2, 0.25) is 0 Å². The standard InChI is InChI=1S/C12H16N4O4S/c1-16-10-4-3-8(7-9(10)15-12(16)18)11(17)14-5-2-6-21(13,19)20/h3-4,7H,2,5-6H2,1H3,(H,14,17)(H,15,18)(H2,13,19,20). The zero-order valence-corrected chi connectivity index (χ0v) is 12.2. The molecule has 9 heteroatoms. The number of amides is 1. The highest BCUT2D eigenvalue weighted by Crippen LogP contribution is 2.11. The summed E-state index contributed by atoms with van der Waals surface area (Å²) in [6.07, 6.45) is 0.245. The van der Waals surface area contributed by atoms with E-state index in [4.69, 9.17) is 5.14 Å². The van der Waals surface area contributed by atoms with Gasteiger partial charge in [0.15, 0.2) is 0 Å². The fourth-order valence-corrected chi connectivity index (χ4v) is 2.50. The Kier molecular flexibility index (Phi) is 4.14. The maximum absolute atomic E-state index is 11.9. The van der Waals surface area contributed by atoms with E-state index in [-0.39, 0.29) is 30.3 Å². The normalized spacial score (nSPS) is 11.7. The Labute approximate surface area is 121 Å². The smallest absolute Gasteiger partial charge is 0.326 e. The number of fused-ring (bicyclic) bond motifs is 1. The molecule has 0 aliphatic rings. The molecule has 2 rings (SSSR count). The molecule has 0 aliphatic heterocycles. The van der Waals surface area contributed by atoms with Crippen molar-refractivity contribution in [3.05, 3.63) is 34.2 Å². The van der Waals surface area contributed by atoms with Crippen molar-refractivity contribution in [2.75, 3.05) is 12.3 Å². The number of nitrogens with one attached hydrogen (secondary N) is 2. The van der Waals surface area contributed by atoms with E-state index in [0.717, 1.165) is 0 Å². The molecule has 8 nitrogen and oxygen atoms in total. The number of H-pyrrole nitrogens is 1. The Hall–Kier alpha value is -2.13. The summed E-state index contributed by atoms with van der Waals surface area (Å²) >= 11 is 0. The number of hydrogen-bond donors (Lipinski definition) is 3. The van der Waals surface area contributed by atoms with Crippen molar-refractivity contribution >= 4 is 27.0 Å². The summed E-state index contributed by atoms with van der Waals surface area (Å²) in [7, 11) is -1.88. The molecule has 21 heavy (non-hydrogen) atoms. The number of sulfonamides is 1. The lowest BCUT2D eigenvalue weighted by Gasteiger charge is -2.05. The summed E-state index contributed by atoms with van der Waals surface area (Å²) in [5, 5.41) is 7.47. The Morgan fingerprint density at radius 2 is 2.14 bits per heavy atom. The summed E-state index contributed by atoms with van der Waals surface area (Å²) in [4.78, 5) is 26.0. The van der Waals surface area contributed by atoms with Gasteiger partial charge >= 0.3 is 5.69 Å². The molecule has 1 amide bonds. The molecule has 0 bridgehead atoms. The second-order valence-corrected chi connectivity index (χ2v) is 6.43. The minimum Gasteiger partial charge on any atom is -0.352 e. The second kappa shape index (κ2) is 5.70. The Balaban J connectivity index is 2.04. The molecule has 0 atom stereocenters. The molecule has 0 spiro atoms. The van der Waals surface area contributed by atoms with E-state index >= 15 is 0 Å². The minimum atomic E-state index is -3.51. The van der Waals surface area contributed by atoms with Gasteiger partial charge in [0.25, 0.3) is 5.91 Å². The van der Waals surface area contributed by atoms with Gasteiger partial charge in [0.05, 0.1) is 16.8 Å². The summed E-state index contributed by atoms with van der Waals surface area (Å²) in [5.41, 5.74) is 1.40. The van der Waals surface area contributed by atoms with Gasteiger partial charge in [-0.1, -0.05) is 0 Å². The third kappa shape index (κ3) is 3.70. The predicted molar refractivity (Wildman–Crippen MR) is 78.5 cm³/mol. The molecule has 0 radical (unpaired) electrons. The first kappa shape index (κ1) is 15.3. The number of hydrogen-bond acceptors (Lipinski definition) is 4. The maximum Gasteiger partial charge on any atom is 0.326 e. The lowest BCUT2D eigenvalue weighted by atomic mass is 10.2. The average molecular weight is 312 g/mol. The fraction of sp³-hybridized carbons (Fsp3) is 0.333. The molecule has 1 aromatic carbocycles. The quantitative estimate of drug-likeness (QED) is 0.629. The van der Waals surface area contributed by atoms with Crippen molar-refractivity contribution in [2.24, 2.45) is 12.2 Å². The van der Waals surface area contributed by atoms with Crippen LogP contribution >= 0.6 is 0 Å². The fourth-order valence-electron chi connectivity index (χ4n) is 1.96. The molecule has 4 N–H and O–H groups in total. The SMILES string of the molecule is Cn1c(=O)[nH]c2cc(C(=O)NCCCS(N)(=O)=O)ccc21. The zero-order chi connectivity index (χ0) is 15.6. The molecule has 0 fully saturated rings. The largest absolute Gasteiger partial charge is 0.352 e. The van der Waals surface area contributed by atoms with Crippen LogP contribution in [0.3, 0.4) is 0 Å². The molecule has 0 unspecified atom stereocenters. The number of rotatable bonds is 5. The predicted octanol–water partition coefficient (Wildman–Crippen LogP) is -0.725. The van der Waals surface area contributed by atoms with Crippen molar-refractivity contribution in [1.29, 1.82) is 0 Å². The van der Waals surface area contributed by atoms with Crippen LogP contribution in [-0.4, -0.2) is 36.2 Å². The minimum absolute atomic E-state index is 0.182. The summed E-state index contributed by atoms with van der Waals surface area (Å²) in [6, 6.07) is 4.85. The summed E-state index contributed by atoms with van der Waals surface area (Å²) in [5.74, 6) is -0.519. The number of carbonyl (C=O) groups is 1. The highest BCUT2D eigenvalue weighted by molar-refractivity contribution is 7.89. The molecule has 2 aromatic rings. The monoisotopic (exact) mass is 312 g/mol. The number of aromatic nitrogens is 2. The van der Waals surface area contributed by atoms with Gasteiger partial charge in [-0.2, -0.15) is 0 Å². The van der Waals surface area contributed by atoms with Crippen LogP contribution in [0.15, 0.2) is 23.0 Å². The molecular weight excluding hydrogens is 296 g/mol. The van der Waals surface area contributed by atoms with E-state index in [0.29, 0.717) is 16.6 Å². The van der Waals surface area contributed by atoms with Gasteiger partial charge in [-0.15, -0.1) is 0 Å². The van der Waals surface area contributed by atoms with Gasteiger partial charge in [-0.3, -0.25) is 9.36 Å². The maximum atomic E-state index is 11.9. The van der Waals surface area contributed by atoms with Crippen molar-refractivity contribution < 1.29 is 13.2 Å². The van der Waals surface area contributed by atoms with E-state index in [9.17, 15) is 18.0 Å². The lowest BCUT2D eigenvalue weighted by molar-refractivity contribution is 0.0954. The number of aryl methyl sites for hydroxylation is 1. The zero-order valence-electron chi connectivity index (χ0n) is 11.4. The number of aromatic amines is 1. The first-order valence-electron chi connectivity index (χ1n) is 6.25. The van der Waals surface area contributed by atoms with Crippen molar-refractivity contribution in [3.63, 3.8) is 0 Å². The molecule has 1 heterocycles. The molecule has 0 saturated carbocycles. The van der Waals surface area contributed by atoms with Crippen LogP contribution in [0.4, 0.5) is 0 Å². The van der Waals surface area contributed by atoms with Crippen LogP contribution in [0, 0.1) is 0 Å². The topological polar surface area (TPSA) is 127 Å². The van der Waals surface area contributed by atoms with Crippen molar-refractivity contribution in [2.45, 2.75) is 6.42 Å². The molecule has 0 aliphatic carbocycles. The van der Waals surface area contributed by atoms with Crippen LogP contribution in [0.25, 0.3) is 11.0 Å². The molecular formula is C12H16N4O4S. The number of primary sulfonamides is 1. The molecule has 114 valence electrons. The van der Waals surface area contributed by atoms with Crippen LogP contribution in [-0.2, 0) is 17.1 Å². The van der Waals surface area contributed by atoms with Crippen molar-refractivity contribution in [1.82, 2.24) is 14.9 Å². The first-order valence-corrected chi connectivity index (χ1v) is 7.97. The van der Waals surface area contributed by atoms with Gasteiger partial charge in [0.1, 0.15) is 0 Å². The van der Waals surface area contributed by atoms with Crippen molar-refractivity contribution in [3.8, 4) is 0 Å². The van der Waals surface area contributed by atoms with Crippen LogP contribution in [0.1, 0.15) is 16.8 Å². The molecule has 1 aromatic heterocycles. The van der Waals surface area contributed by atoms with Crippen LogP contribution < -0.4 is 16.1 Å². The van der Waals surface area contributed by atoms with Gasteiger partial charge in [-0.25, -0.2) is 18.4 Å². The summed E-state index contributed by atoms with van der Waals surface area (Å²) in [6.45, 7) is 0.207. The third-order valence-electron chi connectivity index (χ3n) is 3.06. The Morgan fingerprint density at radius 1 is 1.43 bits per heavy atom. The highest BCUT2D eigenvalue weighted by Gasteiger charge is 2.09. The van der Waals surface area contributed by atoms with Crippen LogP contribution in [0.5, 0.6) is 0 Å².